The summed E-state index contributed by atoms with van der Waals surface area (Å²) >= 11 is 0. The van der Waals surface area contributed by atoms with Crippen molar-refractivity contribution in [3.05, 3.63) is 0 Å². The number of carboxylic acid groups (broad SMARTS) is 1. The van der Waals surface area contributed by atoms with Gasteiger partial charge in [0.25, 0.3) is 0 Å². The summed E-state index contributed by atoms with van der Waals surface area (Å²) < 4.78 is 5.34. The molecule has 21 heavy (non-hydrogen) atoms. The summed E-state index contributed by atoms with van der Waals surface area (Å²) in [7, 11) is 1.67. The maximum Gasteiger partial charge on any atom is 0.317 e. The molecule has 0 aromatic heterocycles. The number of amides is 2. The Balaban J connectivity index is 1.98. The van der Waals surface area contributed by atoms with E-state index in [-0.39, 0.29) is 18.6 Å². The van der Waals surface area contributed by atoms with Crippen LogP contribution in [0, 0.1) is 0 Å². The molecule has 1 aliphatic heterocycles. The van der Waals surface area contributed by atoms with Gasteiger partial charge >= 0.3 is 12.0 Å². The maximum absolute atomic E-state index is 12.5. The molecular formula is C15H26N2O4. The molecule has 6 heteroatoms. The van der Waals surface area contributed by atoms with E-state index < -0.39 is 11.5 Å². The lowest BCUT2D eigenvalue weighted by molar-refractivity contribution is -0.139. The Morgan fingerprint density at radius 1 is 1.29 bits per heavy atom. The Bertz CT molecular complexity index is 380. The number of carbonyl (C=O) groups excluding carboxylic acids is 1. The highest BCUT2D eigenvalue weighted by atomic mass is 16.5. The minimum absolute atomic E-state index is 0.0142. The SMILES string of the molecule is COC1CCCN(C(=O)NC2(CC(=O)O)CCCCC2)C1. The van der Waals surface area contributed by atoms with Crippen molar-refractivity contribution in [1.82, 2.24) is 10.2 Å². The highest BCUT2D eigenvalue weighted by molar-refractivity contribution is 5.77. The molecule has 2 aliphatic rings. The second-order valence-electron chi connectivity index (χ2n) is 6.29. The first-order chi connectivity index (χ1) is 10.0. The fourth-order valence-corrected chi connectivity index (χ4v) is 3.48. The molecule has 2 N–H and O–H groups in total. The molecular weight excluding hydrogens is 272 g/mol. The van der Waals surface area contributed by atoms with Gasteiger partial charge in [0.2, 0.25) is 0 Å². The van der Waals surface area contributed by atoms with Gasteiger partial charge in [-0.1, -0.05) is 19.3 Å². The van der Waals surface area contributed by atoms with Crippen molar-refractivity contribution in [3.8, 4) is 0 Å². The number of carboxylic acids is 1. The molecule has 1 heterocycles. The first-order valence-corrected chi connectivity index (χ1v) is 7.86. The topological polar surface area (TPSA) is 78.9 Å². The van der Waals surface area contributed by atoms with E-state index in [2.05, 4.69) is 5.32 Å². The number of rotatable bonds is 4. The van der Waals surface area contributed by atoms with Crippen LogP contribution in [0.5, 0.6) is 0 Å². The lowest BCUT2D eigenvalue weighted by Crippen LogP contribution is -2.57. The summed E-state index contributed by atoms with van der Waals surface area (Å²) in [5, 5.41) is 12.2. The van der Waals surface area contributed by atoms with Gasteiger partial charge in [0, 0.05) is 20.2 Å². The second kappa shape index (κ2) is 7.11. The van der Waals surface area contributed by atoms with E-state index in [1.807, 2.05) is 0 Å². The van der Waals surface area contributed by atoms with Gasteiger partial charge in [-0.05, 0) is 25.7 Å². The number of ether oxygens (including phenoxy) is 1. The van der Waals surface area contributed by atoms with Gasteiger partial charge in [-0.2, -0.15) is 0 Å². The van der Waals surface area contributed by atoms with E-state index in [4.69, 9.17) is 9.84 Å². The number of piperidine rings is 1. The van der Waals surface area contributed by atoms with Crippen LogP contribution in [0.15, 0.2) is 0 Å². The fraction of sp³-hybridized carbons (Fsp3) is 0.867. The van der Waals surface area contributed by atoms with Crippen LogP contribution in [0.25, 0.3) is 0 Å². The first-order valence-electron chi connectivity index (χ1n) is 7.86. The monoisotopic (exact) mass is 298 g/mol. The number of carbonyl (C=O) groups is 2. The van der Waals surface area contributed by atoms with Gasteiger partial charge in [0.05, 0.1) is 18.1 Å². The molecule has 0 bridgehead atoms. The predicted molar refractivity (Wildman–Crippen MR) is 78.2 cm³/mol. The van der Waals surface area contributed by atoms with Crippen molar-refractivity contribution in [3.63, 3.8) is 0 Å². The van der Waals surface area contributed by atoms with Crippen LogP contribution in [-0.4, -0.2) is 53.8 Å². The highest BCUT2D eigenvalue weighted by Crippen LogP contribution is 2.31. The van der Waals surface area contributed by atoms with Crippen molar-refractivity contribution >= 4 is 12.0 Å². The Morgan fingerprint density at radius 3 is 2.62 bits per heavy atom. The average Bonchev–Trinajstić information content (AvgIpc) is 2.47. The maximum atomic E-state index is 12.5. The highest BCUT2D eigenvalue weighted by Gasteiger charge is 2.37. The molecule has 2 amide bonds. The van der Waals surface area contributed by atoms with Crippen molar-refractivity contribution in [2.45, 2.75) is 63.0 Å². The number of nitrogens with one attached hydrogen (secondary N) is 1. The van der Waals surface area contributed by atoms with E-state index >= 15 is 0 Å². The molecule has 1 unspecified atom stereocenters. The van der Waals surface area contributed by atoms with Gasteiger partial charge in [-0.25, -0.2) is 4.79 Å². The second-order valence-corrected chi connectivity index (χ2v) is 6.29. The summed E-state index contributed by atoms with van der Waals surface area (Å²) in [6.45, 7) is 1.31. The van der Waals surface area contributed by atoms with Gasteiger partial charge < -0.3 is 20.1 Å². The van der Waals surface area contributed by atoms with Crippen LogP contribution in [0.1, 0.15) is 51.4 Å². The largest absolute Gasteiger partial charge is 0.481 e. The number of likely N-dealkylation sites (tertiary alicyclic amines) is 1. The summed E-state index contributed by atoms with van der Waals surface area (Å²) in [5.74, 6) is -0.842. The Morgan fingerprint density at radius 2 is 2.00 bits per heavy atom. The lowest BCUT2D eigenvalue weighted by Gasteiger charge is -2.40. The molecule has 1 atom stereocenters. The van der Waals surface area contributed by atoms with E-state index in [1.165, 1.54) is 0 Å². The summed E-state index contributed by atoms with van der Waals surface area (Å²) in [5.41, 5.74) is -0.568. The minimum atomic E-state index is -0.842. The van der Waals surface area contributed by atoms with Crippen molar-refractivity contribution in [1.29, 1.82) is 0 Å². The molecule has 2 rings (SSSR count). The smallest absolute Gasteiger partial charge is 0.317 e. The number of aliphatic carboxylic acids is 1. The van der Waals surface area contributed by atoms with Crippen LogP contribution in [0.4, 0.5) is 4.79 Å². The summed E-state index contributed by atoms with van der Waals surface area (Å²) in [4.78, 5) is 25.4. The molecule has 1 aliphatic carbocycles. The zero-order valence-corrected chi connectivity index (χ0v) is 12.8. The van der Waals surface area contributed by atoms with E-state index in [0.717, 1.165) is 51.5 Å². The van der Waals surface area contributed by atoms with Crippen LogP contribution in [0.2, 0.25) is 0 Å². The zero-order chi connectivity index (χ0) is 15.3. The third-order valence-electron chi connectivity index (χ3n) is 4.67. The van der Waals surface area contributed by atoms with Crippen LogP contribution in [0.3, 0.4) is 0 Å². The van der Waals surface area contributed by atoms with Crippen molar-refractivity contribution in [2.75, 3.05) is 20.2 Å². The standard InChI is InChI=1S/C15H26N2O4/c1-21-12-6-5-9-17(11-12)14(20)16-15(10-13(18)19)7-3-2-4-8-15/h12H,2-11H2,1H3,(H,16,20)(H,18,19). The third-order valence-corrected chi connectivity index (χ3v) is 4.67. The average molecular weight is 298 g/mol. The predicted octanol–water partition coefficient (Wildman–Crippen LogP) is 1.98. The van der Waals surface area contributed by atoms with Gasteiger partial charge in [-0.15, -0.1) is 0 Å². The third kappa shape index (κ3) is 4.33. The molecule has 2 fully saturated rings. The van der Waals surface area contributed by atoms with Crippen molar-refractivity contribution in [2.24, 2.45) is 0 Å². The number of methoxy groups -OCH3 is 1. The lowest BCUT2D eigenvalue weighted by atomic mass is 9.79. The molecule has 6 nitrogen and oxygen atoms in total. The molecule has 0 radical (unpaired) electrons. The van der Waals surface area contributed by atoms with E-state index in [9.17, 15) is 9.59 Å². The molecule has 1 saturated heterocycles. The van der Waals surface area contributed by atoms with Crippen molar-refractivity contribution < 1.29 is 19.4 Å². The normalized spacial score (nSPS) is 25.4. The van der Waals surface area contributed by atoms with Crippen LogP contribution in [-0.2, 0) is 9.53 Å². The number of urea groups is 1. The Labute approximate surface area is 125 Å². The number of nitrogens with zero attached hydrogens (tertiary/aromatic N) is 1. The molecule has 120 valence electrons. The molecule has 0 aromatic carbocycles. The number of hydrogen-bond acceptors (Lipinski definition) is 3. The summed E-state index contributed by atoms with van der Waals surface area (Å²) in [6.07, 6.45) is 6.60. The molecule has 0 spiro atoms. The first kappa shape index (κ1) is 16.1. The molecule has 1 saturated carbocycles. The van der Waals surface area contributed by atoms with E-state index in [1.54, 1.807) is 12.0 Å². The summed E-state index contributed by atoms with van der Waals surface area (Å²) in [6, 6.07) is -0.139. The van der Waals surface area contributed by atoms with Gasteiger partial charge in [0.1, 0.15) is 0 Å². The Hall–Kier alpha value is -1.30. The molecule has 0 aromatic rings. The zero-order valence-electron chi connectivity index (χ0n) is 12.8. The van der Waals surface area contributed by atoms with Gasteiger partial charge in [-0.3, -0.25) is 4.79 Å². The minimum Gasteiger partial charge on any atom is -0.481 e. The quantitative estimate of drug-likeness (QED) is 0.832. The fourth-order valence-electron chi connectivity index (χ4n) is 3.48. The van der Waals surface area contributed by atoms with E-state index in [0.29, 0.717) is 6.54 Å². The number of hydrogen-bond donors (Lipinski definition) is 2. The van der Waals surface area contributed by atoms with Crippen LogP contribution < -0.4 is 5.32 Å². The Kier molecular flexibility index (Phi) is 5.45. The van der Waals surface area contributed by atoms with Crippen LogP contribution >= 0.6 is 0 Å². The van der Waals surface area contributed by atoms with Gasteiger partial charge in [0.15, 0.2) is 0 Å².